The Hall–Kier alpha value is -0.0400. The molecule has 2 rings (SSSR count). The monoisotopic (exact) mass is 209 g/mol. The highest BCUT2D eigenvalue weighted by Gasteiger charge is 2.35. The maximum atomic E-state index is 3.94. The van der Waals surface area contributed by atoms with E-state index in [4.69, 9.17) is 0 Å². The van der Waals surface area contributed by atoms with Gasteiger partial charge >= 0.3 is 0 Å². The van der Waals surface area contributed by atoms with Crippen molar-refractivity contribution < 1.29 is 0 Å². The van der Waals surface area contributed by atoms with Crippen LogP contribution < -0.4 is 5.32 Å². The van der Waals surface area contributed by atoms with Crippen molar-refractivity contribution in [1.82, 2.24) is 5.32 Å². The van der Waals surface area contributed by atoms with Crippen LogP contribution >= 0.6 is 0 Å². The molecule has 0 aromatic rings. The van der Waals surface area contributed by atoms with E-state index >= 15 is 0 Å². The Kier molecular flexibility index (Phi) is 3.39. The van der Waals surface area contributed by atoms with Gasteiger partial charge in [-0.3, -0.25) is 0 Å². The van der Waals surface area contributed by atoms with Gasteiger partial charge in [0.05, 0.1) is 0 Å². The fourth-order valence-corrected chi connectivity index (χ4v) is 3.51. The molecular formula is C14H27N. The quantitative estimate of drug-likeness (QED) is 0.730. The second kappa shape index (κ2) is 4.45. The Balaban J connectivity index is 1.85. The minimum Gasteiger partial charge on any atom is -0.311 e. The summed E-state index contributed by atoms with van der Waals surface area (Å²) in [7, 11) is 0. The van der Waals surface area contributed by atoms with E-state index in [1.165, 1.54) is 44.9 Å². The predicted octanol–water partition coefficient (Wildman–Crippen LogP) is 3.73. The van der Waals surface area contributed by atoms with E-state index in [1.807, 2.05) is 0 Å². The van der Waals surface area contributed by atoms with Crippen molar-refractivity contribution in [2.75, 3.05) is 0 Å². The van der Waals surface area contributed by atoms with Crippen LogP contribution in [0.2, 0.25) is 0 Å². The molecule has 1 heteroatoms. The summed E-state index contributed by atoms with van der Waals surface area (Å²) in [5.74, 6) is 0.945. The first-order valence-corrected chi connectivity index (χ1v) is 6.84. The molecule has 2 fully saturated rings. The lowest BCUT2D eigenvalue weighted by Crippen LogP contribution is -2.45. The number of nitrogens with one attached hydrogen (secondary N) is 1. The van der Waals surface area contributed by atoms with Crippen molar-refractivity contribution in [2.24, 2.45) is 11.3 Å². The van der Waals surface area contributed by atoms with Crippen molar-refractivity contribution in [3.63, 3.8) is 0 Å². The van der Waals surface area contributed by atoms with Crippen molar-refractivity contribution in [3.8, 4) is 0 Å². The van der Waals surface area contributed by atoms with Gasteiger partial charge in [-0.15, -0.1) is 0 Å². The van der Waals surface area contributed by atoms with Gasteiger partial charge in [-0.2, -0.15) is 0 Å². The Morgan fingerprint density at radius 3 is 2.47 bits per heavy atom. The molecular weight excluding hydrogens is 182 g/mol. The Bertz CT molecular complexity index is 209. The highest BCUT2D eigenvalue weighted by Crippen LogP contribution is 2.38. The lowest BCUT2D eigenvalue weighted by Gasteiger charge is -2.35. The molecule has 0 aromatic heterocycles. The zero-order valence-electron chi connectivity index (χ0n) is 10.7. The molecule has 0 amide bonds. The average molecular weight is 209 g/mol. The van der Waals surface area contributed by atoms with Crippen LogP contribution in [-0.2, 0) is 0 Å². The van der Waals surface area contributed by atoms with Crippen LogP contribution in [0.4, 0.5) is 0 Å². The molecule has 2 saturated carbocycles. The van der Waals surface area contributed by atoms with E-state index in [2.05, 4.69) is 26.1 Å². The summed E-state index contributed by atoms with van der Waals surface area (Å²) in [6, 6.07) is 1.60. The molecule has 2 aliphatic rings. The van der Waals surface area contributed by atoms with Gasteiger partial charge in [0.2, 0.25) is 0 Å². The first kappa shape index (κ1) is 11.4. The van der Waals surface area contributed by atoms with Crippen molar-refractivity contribution >= 4 is 0 Å². The fourth-order valence-electron chi connectivity index (χ4n) is 3.51. The summed E-state index contributed by atoms with van der Waals surface area (Å²) in [5.41, 5.74) is 0.542. The molecule has 88 valence electrons. The Labute approximate surface area is 95.0 Å². The minimum absolute atomic E-state index is 0.542. The second-order valence-corrected chi connectivity index (χ2v) is 6.57. The van der Waals surface area contributed by atoms with Crippen LogP contribution in [0.25, 0.3) is 0 Å². The Morgan fingerprint density at radius 2 is 1.87 bits per heavy atom. The second-order valence-electron chi connectivity index (χ2n) is 6.57. The van der Waals surface area contributed by atoms with Gasteiger partial charge in [0, 0.05) is 12.1 Å². The van der Waals surface area contributed by atoms with Crippen molar-refractivity contribution in [3.05, 3.63) is 0 Å². The SMILES string of the molecule is CC1CCCC(NC2CCCC2(C)C)C1. The maximum Gasteiger partial charge on any atom is 0.0121 e. The van der Waals surface area contributed by atoms with Crippen molar-refractivity contribution in [2.45, 2.75) is 77.8 Å². The number of hydrogen-bond acceptors (Lipinski definition) is 1. The molecule has 0 aliphatic heterocycles. The summed E-state index contributed by atoms with van der Waals surface area (Å²) in [5, 5.41) is 3.94. The third-order valence-corrected chi connectivity index (χ3v) is 4.63. The molecule has 1 nitrogen and oxygen atoms in total. The first-order chi connectivity index (χ1) is 7.08. The molecule has 0 heterocycles. The largest absolute Gasteiger partial charge is 0.311 e. The van der Waals surface area contributed by atoms with Crippen LogP contribution in [-0.4, -0.2) is 12.1 Å². The van der Waals surface area contributed by atoms with Gasteiger partial charge < -0.3 is 5.32 Å². The average Bonchev–Trinajstić information content (AvgIpc) is 2.46. The molecule has 2 aliphatic carbocycles. The lowest BCUT2D eigenvalue weighted by atomic mass is 9.83. The van der Waals surface area contributed by atoms with Gasteiger partial charge in [-0.05, 0) is 37.0 Å². The molecule has 0 saturated heterocycles. The molecule has 0 spiro atoms. The molecule has 15 heavy (non-hydrogen) atoms. The first-order valence-electron chi connectivity index (χ1n) is 6.84. The zero-order valence-corrected chi connectivity index (χ0v) is 10.7. The van der Waals surface area contributed by atoms with Crippen LogP contribution in [0.5, 0.6) is 0 Å². The maximum absolute atomic E-state index is 3.94. The molecule has 3 unspecified atom stereocenters. The topological polar surface area (TPSA) is 12.0 Å². The highest BCUT2D eigenvalue weighted by atomic mass is 15.0. The van der Waals surface area contributed by atoms with E-state index in [9.17, 15) is 0 Å². The zero-order chi connectivity index (χ0) is 10.9. The Morgan fingerprint density at radius 1 is 1.07 bits per heavy atom. The predicted molar refractivity (Wildman–Crippen MR) is 66.0 cm³/mol. The summed E-state index contributed by atoms with van der Waals surface area (Å²) in [4.78, 5) is 0. The van der Waals surface area contributed by atoms with Gasteiger partial charge in [0.15, 0.2) is 0 Å². The van der Waals surface area contributed by atoms with E-state index in [0.29, 0.717) is 5.41 Å². The highest BCUT2D eigenvalue weighted by molar-refractivity contribution is 4.92. The smallest absolute Gasteiger partial charge is 0.0121 e. The van der Waals surface area contributed by atoms with E-state index in [-0.39, 0.29) is 0 Å². The summed E-state index contributed by atoms with van der Waals surface area (Å²) in [6.45, 7) is 7.28. The standard InChI is InChI=1S/C14H27N/c1-11-6-4-7-12(10-11)15-13-8-5-9-14(13,2)3/h11-13,15H,4-10H2,1-3H3. The number of hydrogen-bond donors (Lipinski definition) is 1. The third kappa shape index (κ3) is 2.75. The fraction of sp³-hybridized carbons (Fsp3) is 1.00. The normalized spacial score (nSPS) is 40.6. The molecule has 0 bridgehead atoms. The third-order valence-electron chi connectivity index (χ3n) is 4.63. The van der Waals surface area contributed by atoms with Gasteiger partial charge in [0.1, 0.15) is 0 Å². The lowest BCUT2D eigenvalue weighted by molar-refractivity contribution is 0.217. The van der Waals surface area contributed by atoms with Crippen molar-refractivity contribution in [1.29, 1.82) is 0 Å². The van der Waals surface area contributed by atoms with Crippen LogP contribution in [0.15, 0.2) is 0 Å². The van der Waals surface area contributed by atoms with Gasteiger partial charge in [-0.1, -0.05) is 40.0 Å². The molecule has 1 N–H and O–H groups in total. The molecule has 0 radical (unpaired) electrons. The van der Waals surface area contributed by atoms with E-state index < -0.39 is 0 Å². The van der Waals surface area contributed by atoms with E-state index in [0.717, 1.165) is 18.0 Å². The summed E-state index contributed by atoms with van der Waals surface area (Å²) in [6.07, 6.45) is 9.94. The molecule has 3 atom stereocenters. The summed E-state index contributed by atoms with van der Waals surface area (Å²) >= 11 is 0. The molecule has 0 aromatic carbocycles. The van der Waals surface area contributed by atoms with Gasteiger partial charge in [0.25, 0.3) is 0 Å². The minimum atomic E-state index is 0.542. The number of rotatable bonds is 2. The van der Waals surface area contributed by atoms with E-state index in [1.54, 1.807) is 0 Å². The van der Waals surface area contributed by atoms with Crippen LogP contribution in [0.3, 0.4) is 0 Å². The summed E-state index contributed by atoms with van der Waals surface area (Å²) < 4.78 is 0. The van der Waals surface area contributed by atoms with Crippen LogP contribution in [0, 0.1) is 11.3 Å². The van der Waals surface area contributed by atoms with Gasteiger partial charge in [-0.25, -0.2) is 0 Å². The van der Waals surface area contributed by atoms with Crippen LogP contribution in [0.1, 0.15) is 65.7 Å².